The first-order valence-electron chi connectivity index (χ1n) is 8.48. The number of carbonyl (C=O) groups is 1. The summed E-state index contributed by atoms with van der Waals surface area (Å²) >= 11 is 11.9. The number of aromatic nitrogens is 1. The summed E-state index contributed by atoms with van der Waals surface area (Å²) in [4.78, 5) is 17.0. The van der Waals surface area contributed by atoms with Gasteiger partial charge in [0.15, 0.2) is 0 Å². The predicted molar refractivity (Wildman–Crippen MR) is 108 cm³/mol. The number of halogens is 3. The van der Waals surface area contributed by atoms with Crippen molar-refractivity contribution in [2.45, 2.75) is 20.1 Å². The third-order valence-corrected chi connectivity index (χ3v) is 4.94. The van der Waals surface area contributed by atoms with Crippen LogP contribution >= 0.6 is 23.2 Å². The molecule has 0 bridgehead atoms. The summed E-state index contributed by atoms with van der Waals surface area (Å²) in [5.41, 5.74) is 3.35. The van der Waals surface area contributed by atoms with Crippen molar-refractivity contribution in [3.63, 3.8) is 0 Å². The molecule has 0 fully saturated rings. The largest absolute Gasteiger partial charge is 0.392 e. The van der Waals surface area contributed by atoms with E-state index in [0.29, 0.717) is 32.4 Å². The Morgan fingerprint density at radius 1 is 1.07 bits per heavy atom. The summed E-state index contributed by atoms with van der Waals surface area (Å²) in [6.07, 6.45) is 0. The van der Waals surface area contributed by atoms with Gasteiger partial charge in [0, 0.05) is 12.1 Å². The minimum Gasteiger partial charge on any atom is -0.392 e. The Kier molecular flexibility index (Phi) is 6.29. The van der Waals surface area contributed by atoms with Crippen LogP contribution in [0.3, 0.4) is 0 Å². The van der Waals surface area contributed by atoms with Crippen molar-refractivity contribution in [3.05, 3.63) is 86.8 Å². The molecule has 1 heterocycles. The monoisotopic (exact) mass is 418 g/mol. The van der Waals surface area contributed by atoms with E-state index < -0.39 is 5.91 Å². The molecule has 3 rings (SSSR count). The first kappa shape index (κ1) is 20.3. The van der Waals surface area contributed by atoms with E-state index in [0.717, 1.165) is 5.56 Å². The van der Waals surface area contributed by atoms with Gasteiger partial charge in [0.05, 0.1) is 22.3 Å². The Balaban J connectivity index is 1.86. The van der Waals surface area contributed by atoms with Crippen LogP contribution in [0.15, 0.2) is 48.5 Å². The zero-order valence-corrected chi connectivity index (χ0v) is 16.5. The number of amides is 1. The van der Waals surface area contributed by atoms with E-state index in [1.54, 1.807) is 37.3 Å². The molecule has 0 aliphatic rings. The summed E-state index contributed by atoms with van der Waals surface area (Å²) < 4.78 is 13.4. The molecule has 0 unspecified atom stereocenters. The predicted octanol–water partition coefficient (Wildman–Crippen LogP) is 4.93. The number of aliphatic hydroxyl groups excluding tert-OH is 1. The van der Waals surface area contributed by atoms with E-state index in [1.165, 1.54) is 18.2 Å². The fourth-order valence-electron chi connectivity index (χ4n) is 2.77. The minimum absolute atomic E-state index is 0.158. The van der Waals surface area contributed by atoms with Crippen molar-refractivity contribution in [3.8, 4) is 11.3 Å². The Labute approximate surface area is 172 Å². The highest BCUT2D eigenvalue weighted by Crippen LogP contribution is 2.25. The molecule has 1 aromatic heterocycles. The van der Waals surface area contributed by atoms with Gasteiger partial charge < -0.3 is 10.4 Å². The van der Waals surface area contributed by atoms with Gasteiger partial charge >= 0.3 is 0 Å². The van der Waals surface area contributed by atoms with Crippen molar-refractivity contribution in [1.82, 2.24) is 10.3 Å². The van der Waals surface area contributed by atoms with Crippen molar-refractivity contribution in [1.29, 1.82) is 0 Å². The molecule has 2 N–H and O–H groups in total. The SMILES string of the molecule is Cc1cc(F)ccc1-c1cc(CO)cc(C(=O)NCc2ccc(Cl)c(Cl)c2)n1. The molecule has 1 amide bonds. The summed E-state index contributed by atoms with van der Waals surface area (Å²) in [6, 6.07) is 12.6. The molecule has 0 saturated heterocycles. The Morgan fingerprint density at radius 3 is 2.54 bits per heavy atom. The Morgan fingerprint density at radius 2 is 1.86 bits per heavy atom. The summed E-state index contributed by atoms with van der Waals surface area (Å²) in [7, 11) is 0. The third kappa shape index (κ3) is 4.68. The van der Waals surface area contributed by atoms with Crippen molar-refractivity contribution in [2.75, 3.05) is 0 Å². The van der Waals surface area contributed by atoms with Crippen LogP contribution in [0.4, 0.5) is 4.39 Å². The van der Waals surface area contributed by atoms with Crippen molar-refractivity contribution < 1.29 is 14.3 Å². The molecule has 0 saturated carbocycles. The van der Waals surface area contributed by atoms with Gasteiger partial charge in [-0.1, -0.05) is 29.3 Å². The van der Waals surface area contributed by atoms with Crippen LogP contribution in [0.5, 0.6) is 0 Å². The number of hydrogen-bond donors (Lipinski definition) is 2. The number of pyridine rings is 1. The van der Waals surface area contributed by atoms with Gasteiger partial charge in [0.1, 0.15) is 11.5 Å². The normalized spacial score (nSPS) is 10.8. The van der Waals surface area contributed by atoms with E-state index in [2.05, 4.69) is 10.3 Å². The van der Waals surface area contributed by atoms with Gasteiger partial charge in [0.2, 0.25) is 0 Å². The quantitative estimate of drug-likeness (QED) is 0.617. The second-order valence-electron chi connectivity index (χ2n) is 6.29. The maximum absolute atomic E-state index is 13.4. The summed E-state index contributed by atoms with van der Waals surface area (Å²) in [5, 5.41) is 13.2. The lowest BCUT2D eigenvalue weighted by atomic mass is 10.0. The lowest BCUT2D eigenvalue weighted by Gasteiger charge is -2.11. The molecule has 4 nitrogen and oxygen atoms in total. The number of nitrogens with zero attached hydrogens (tertiary/aromatic N) is 1. The number of rotatable bonds is 5. The van der Waals surface area contributed by atoms with Crippen LogP contribution in [0.25, 0.3) is 11.3 Å². The number of carbonyl (C=O) groups excluding carboxylic acids is 1. The highest BCUT2D eigenvalue weighted by Gasteiger charge is 2.13. The van der Waals surface area contributed by atoms with Crippen LogP contribution in [0.1, 0.15) is 27.2 Å². The first-order valence-corrected chi connectivity index (χ1v) is 9.23. The second kappa shape index (κ2) is 8.69. The van der Waals surface area contributed by atoms with Gasteiger partial charge in [-0.3, -0.25) is 4.79 Å². The van der Waals surface area contributed by atoms with E-state index in [9.17, 15) is 14.3 Å². The van der Waals surface area contributed by atoms with Crippen LogP contribution in [0.2, 0.25) is 10.0 Å². The molecule has 0 atom stereocenters. The molecule has 0 aliphatic carbocycles. The zero-order valence-electron chi connectivity index (χ0n) is 15.0. The standard InChI is InChI=1S/C21H17Cl2FN2O2/c1-12-6-15(24)3-4-16(12)19-8-14(11-27)9-20(26-19)21(28)25-10-13-2-5-17(22)18(23)7-13/h2-9,27H,10-11H2,1H3,(H,25,28). The van der Waals surface area contributed by atoms with Gasteiger partial charge in [-0.15, -0.1) is 0 Å². The number of benzene rings is 2. The third-order valence-electron chi connectivity index (χ3n) is 4.20. The molecular formula is C21H17Cl2FN2O2. The van der Waals surface area contributed by atoms with Gasteiger partial charge in [-0.25, -0.2) is 9.37 Å². The highest BCUT2D eigenvalue weighted by molar-refractivity contribution is 6.42. The molecular weight excluding hydrogens is 402 g/mol. The lowest BCUT2D eigenvalue weighted by molar-refractivity contribution is 0.0946. The second-order valence-corrected chi connectivity index (χ2v) is 7.11. The average Bonchev–Trinajstić information content (AvgIpc) is 2.68. The van der Waals surface area contributed by atoms with Crippen LogP contribution in [-0.2, 0) is 13.2 Å². The number of nitrogens with one attached hydrogen (secondary N) is 1. The zero-order chi connectivity index (χ0) is 20.3. The summed E-state index contributed by atoms with van der Waals surface area (Å²) in [6.45, 7) is 1.75. The molecule has 0 spiro atoms. The smallest absolute Gasteiger partial charge is 0.270 e. The van der Waals surface area contributed by atoms with Gasteiger partial charge in [0.25, 0.3) is 5.91 Å². The lowest BCUT2D eigenvalue weighted by Crippen LogP contribution is -2.24. The van der Waals surface area contributed by atoms with Crippen LogP contribution < -0.4 is 5.32 Å². The first-order chi connectivity index (χ1) is 13.4. The van der Waals surface area contributed by atoms with Crippen molar-refractivity contribution in [2.24, 2.45) is 0 Å². The summed E-state index contributed by atoms with van der Waals surface area (Å²) in [5.74, 6) is -0.749. The number of aryl methyl sites for hydroxylation is 1. The fourth-order valence-corrected chi connectivity index (χ4v) is 3.09. The fraction of sp³-hybridized carbons (Fsp3) is 0.143. The number of hydrogen-bond acceptors (Lipinski definition) is 3. The Bertz CT molecular complexity index is 1040. The molecule has 28 heavy (non-hydrogen) atoms. The molecule has 0 aliphatic heterocycles. The van der Waals surface area contributed by atoms with E-state index in [1.807, 2.05) is 0 Å². The minimum atomic E-state index is -0.401. The molecule has 0 radical (unpaired) electrons. The molecule has 144 valence electrons. The topological polar surface area (TPSA) is 62.2 Å². The van der Waals surface area contributed by atoms with Gasteiger partial charge in [-0.2, -0.15) is 0 Å². The molecule has 2 aromatic carbocycles. The maximum Gasteiger partial charge on any atom is 0.270 e. The molecule has 3 aromatic rings. The van der Waals surface area contributed by atoms with Crippen LogP contribution in [-0.4, -0.2) is 16.0 Å². The number of aliphatic hydroxyl groups is 1. The Hall–Kier alpha value is -2.47. The van der Waals surface area contributed by atoms with E-state index in [-0.39, 0.29) is 24.7 Å². The molecule has 7 heteroatoms. The maximum atomic E-state index is 13.4. The van der Waals surface area contributed by atoms with E-state index in [4.69, 9.17) is 23.2 Å². The highest BCUT2D eigenvalue weighted by atomic mass is 35.5. The average molecular weight is 419 g/mol. The van der Waals surface area contributed by atoms with Gasteiger partial charge in [-0.05, 0) is 66.1 Å². The van der Waals surface area contributed by atoms with E-state index >= 15 is 0 Å². The van der Waals surface area contributed by atoms with Crippen molar-refractivity contribution >= 4 is 29.1 Å². The van der Waals surface area contributed by atoms with Crippen LogP contribution in [0, 0.1) is 12.7 Å².